The number of hydrogen-bond donors (Lipinski definition) is 1. The van der Waals surface area contributed by atoms with E-state index in [9.17, 15) is 19.5 Å². The van der Waals surface area contributed by atoms with Crippen molar-refractivity contribution in [3.05, 3.63) is 25.3 Å². The van der Waals surface area contributed by atoms with E-state index in [1.165, 1.54) is 0 Å². The van der Waals surface area contributed by atoms with Gasteiger partial charge < -0.3 is 19.8 Å². The monoisotopic (exact) mass is 491 g/mol. The molecule has 0 aromatic carbocycles. The first kappa shape index (κ1) is 26.8. The summed E-state index contributed by atoms with van der Waals surface area (Å²) in [6.45, 7) is 13.1. The lowest BCUT2D eigenvalue weighted by molar-refractivity contribution is -0.145. The molecule has 0 saturated carbocycles. The largest absolute Gasteiger partial charge is 0.396 e. The lowest BCUT2D eigenvalue weighted by Crippen LogP contribution is -2.56. The fraction of sp³-hybridized carbons (Fsp3) is 0.731. The number of amides is 3. The van der Waals surface area contributed by atoms with E-state index in [4.69, 9.17) is 0 Å². The number of unbranched alkanes of at least 4 members (excludes halogenated alkanes) is 1. The molecule has 1 spiro atoms. The number of thioether (sulfide) groups is 1. The Labute approximate surface area is 208 Å². The van der Waals surface area contributed by atoms with Gasteiger partial charge in [0.2, 0.25) is 17.7 Å². The Morgan fingerprint density at radius 2 is 1.97 bits per heavy atom. The Bertz CT molecular complexity index is 805. The minimum Gasteiger partial charge on any atom is -0.396 e. The molecule has 0 aromatic rings. The zero-order valence-electron chi connectivity index (χ0n) is 20.9. The summed E-state index contributed by atoms with van der Waals surface area (Å²) in [5, 5.41) is 9.37. The second kappa shape index (κ2) is 11.3. The van der Waals surface area contributed by atoms with E-state index in [0.717, 1.165) is 25.7 Å². The number of likely N-dealkylation sites (tertiary alicyclic amines) is 1. The minimum atomic E-state index is -0.583. The van der Waals surface area contributed by atoms with Gasteiger partial charge in [-0.15, -0.1) is 24.9 Å². The van der Waals surface area contributed by atoms with E-state index in [2.05, 4.69) is 27.0 Å². The second-order valence-corrected chi connectivity index (χ2v) is 11.5. The average Bonchev–Trinajstić information content (AvgIpc) is 3.44. The molecule has 1 N–H and O–H groups in total. The molecule has 2 bridgehead atoms. The summed E-state index contributed by atoms with van der Waals surface area (Å²) >= 11 is 1.71. The van der Waals surface area contributed by atoms with Crippen molar-refractivity contribution in [3.63, 3.8) is 0 Å². The van der Waals surface area contributed by atoms with E-state index in [0.29, 0.717) is 32.5 Å². The van der Waals surface area contributed by atoms with Crippen LogP contribution >= 0.6 is 11.8 Å². The first-order chi connectivity index (χ1) is 16.3. The highest BCUT2D eigenvalue weighted by Gasteiger charge is 2.73. The van der Waals surface area contributed by atoms with E-state index in [1.54, 1.807) is 40.8 Å². The van der Waals surface area contributed by atoms with Crippen LogP contribution in [0.25, 0.3) is 0 Å². The maximum atomic E-state index is 14.2. The molecule has 3 amide bonds. The molecule has 7 nitrogen and oxygen atoms in total. The van der Waals surface area contributed by atoms with E-state index < -0.39 is 22.6 Å². The van der Waals surface area contributed by atoms with E-state index >= 15 is 0 Å². The van der Waals surface area contributed by atoms with Gasteiger partial charge in [-0.05, 0) is 39.0 Å². The highest BCUT2D eigenvalue weighted by atomic mass is 32.2. The van der Waals surface area contributed by atoms with Crippen molar-refractivity contribution in [1.29, 1.82) is 0 Å². The Kier molecular flexibility index (Phi) is 8.90. The summed E-state index contributed by atoms with van der Waals surface area (Å²) in [6, 6.07) is -0.541. The van der Waals surface area contributed by atoms with Gasteiger partial charge in [0.25, 0.3) is 0 Å². The smallest absolute Gasteiger partial charge is 0.247 e. The molecule has 190 valence electrons. The highest BCUT2D eigenvalue weighted by molar-refractivity contribution is 8.02. The summed E-state index contributed by atoms with van der Waals surface area (Å²) in [5.74, 6) is -1.01. The molecule has 0 radical (unpaired) electrons. The van der Waals surface area contributed by atoms with Crippen molar-refractivity contribution in [2.75, 3.05) is 33.3 Å². The summed E-state index contributed by atoms with van der Waals surface area (Å²) < 4.78 is -0.571. The third-order valence-electron chi connectivity index (χ3n) is 7.75. The molecule has 34 heavy (non-hydrogen) atoms. The van der Waals surface area contributed by atoms with Gasteiger partial charge in [-0.25, -0.2) is 0 Å². The van der Waals surface area contributed by atoms with Gasteiger partial charge in [0.1, 0.15) is 6.04 Å². The molecule has 3 heterocycles. The van der Waals surface area contributed by atoms with Crippen molar-refractivity contribution in [2.24, 2.45) is 11.8 Å². The molecular weight excluding hydrogens is 450 g/mol. The molecule has 3 unspecified atom stereocenters. The number of aliphatic hydroxyl groups excluding tert-OH is 1. The molecule has 3 aliphatic heterocycles. The number of aliphatic hydroxyl groups is 1. The number of hydrogen-bond acceptors (Lipinski definition) is 5. The Hall–Kier alpha value is -1.80. The first-order valence-electron chi connectivity index (χ1n) is 12.6. The molecular formula is C26H41N3O4S. The van der Waals surface area contributed by atoms with Crippen LogP contribution in [0.1, 0.15) is 52.4 Å². The number of carbonyl (C=O) groups is 3. The van der Waals surface area contributed by atoms with Gasteiger partial charge in [0.15, 0.2) is 0 Å². The van der Waals surface area contributed by atoms with Crippen molar-refractivity contribution in [1.82, 2.24) is 14.7 Å². The standard InChI is InChI=1S/C26H41N3O4S/c1-6-11-18(4)28(15-8-3)25(33)22-26-13-12-19(34-26)20(23(31)27(5)14-7-2)21(26)24(32)29(22)16-9-10-17-30/h7-8,18-22,30H,2-3,6,9-17H2,1,4-5H3/t18?,19-,20+,21-,22?,26?/m0/s1. The number of rotatable bonds is 13. The molecule has 3 rings (SSSR count). The van der Waals surface area contributed by atoms with Crippen LogP contribution in [-0.4, -0.2) is 92.9 Å². The third-order valence-corrected chi connectivity index (χ3v) is 9.70. The molecule has 0 aromatic heterocycles. The number of likely N-dealkylation sites (N-methyl/N-ethyl adjacent to an activating group) is 1. The number of fused-ring (bicyclic) bond motifs is 1. The quantitative estimate of drug-likeness (QED) is 0.317. The fourth-order valence-corrected chi connectivity index (χ4v) is 8.45. The predicted octanol–water partition coefficient (Wildman–Crippen LogP) is 2.70. The summed E-state index contributed by atoms with van der Waals surface area (Å²) in [6.07, 6.45) is 8.10. The number of nitrogens with zero attached hydrogens (tertiary/aromatic N) is 3. The topological polar surface area (TPSA) is 81.2 Å². The van der Waals surface area contributed by atoms with Gasteiger partial charge >= 0.3 is 0 Å². The fourth-order valence-electron chi connectivity index (χ4n) is 6.24. The van der Waals surface area contributed by atoms with Gasteiger partial charge in [-0.3, -0.25) is 14.4 Å². The number of carbonyl (C=O) groups excluding carboxylic acids is 3. The predicted molar refractivity (Wildman–Crippen MR) is 136 cm³/mol. The molecule has 3 aliphatic rings. The summed E-state index contributed by atoms with van der Waals surface area (Å²) in [4.78, 5) is 46.8. The van der Waals surface area contributed by atoms with Crippen LogP contribution in [0.3, 0.4) is 0 Å². The van der Waals surface area contributed by atoms with Crippen LogP contribution in [0.15, 0.2) is 25.3 Å². The van der Waals surface area contributed by atoms with Crippen LogP contribution in [0.5, 0.6) is 0 Å². The SMILES string of the molecule is C=CCN(C)C(=O)[C@@H]1[C@@H]2CCC3(S2)C(C(=O)N(CC=C)C(C)CCC)N(CCCCO)C(=O)[C@H]13. The van der Waals surface area contributed by atoms with Crippen LogP contribution in [-0.2, 0) is 14.4 Å². The molecule has 0 aliphatic carbocycles. The maximum Gasteiger partial charge on any atom is 0.247 e. The molecule has 3 saturated heterocycles. The van der Waals surface area contributed by atoms with Gasteiger partial charge in [-0.2, -0.15) is 0 Å². The van der Waals surface area contributed by atoms with Crippen molar-refractivity contribution < 1.29 is 19.5 Å². The van der Waals surface area contributed by atoms with Crippen molar-refractivity contribution in [3.8, 4) is 0 Å². The van der Waals surface area contributed by atoms with Crippen molar-refractivity contribution >= 4 is 29.5 Å². The molecule has 6 atom stereocenters. The van der Waals surface area contributed by atoms with Crippen molar-refractivity contribution in [2.45, 2.75) is 74.5 Å². The lowest BCUT2D eigenvalue weighted by Gasteiger charge is -2.39. The average molecular weight is 492 g/mol. The maximum absolute atomic E-state index is 14.2. The van der Waals surface area contributed by atoms with E-state index in [1.807, 2.05) is 4.90 Å². The lowest BCUT2D eigenvalue weighted by atomic mass is 9.70. The van der Waals surface area contributed by atoms with Gasteiger partial charge in [0, 0.05) is 44.6 Å². The van der Waals surface area contributed by atoms with Crippen LogP contribution < -0.4 is 0 Å². The van der Waals surface area contributed by atoms with Gasteiger partial charge in [-0.1, -0.05) is 25.5 Å². The molecule has 3 fully saturated rings. The zero-order valence-corrected chi connectivity index (χ0v) is 21.8. The van der Waals surface area contributed by atoms with E-state index in [-0.39, 0.29) is 35.6 Å². The normalized spacial score (nSPS) is 30.2. The second-order valence-electron chi connectivity index (χ2n) is 9.94. The Balaban J connectivity index is 2.00. The summed E-state index contributed by atoms with van der Waals surface area (Å²) in [5.41, 5.74) is 0. The Morgan fingerprint density at radius 3 is 2.59 bits per heavy atom. The highest BCUT2D eigenvalue weighted by Crippen LogP contribution is 2.66. The third kappa shape index (κ3) is 4.55. The van der Waals surface area contributed by atoms with Crippen LogP contribution in [0.2, 0.25) is 0 Å². The summed E-state index contributed by atoms with van der Waals surface area (Å²) in [7, 11) is 1.76. The van der Waals surface area contributed by atoms with Gasteiger partial charge in [0.05, 0.1) is 16.6 Å². The molecule has 8 heteroatoms. The van der Waals surface area contributed by atoms with Crippen LogP contribution in [0.4, 0.5) is 0 Å². The zero-order chi connectivity index (χ0) is 25.0. The first-order valence-corrected chi connectivity index (χ1v) is 13.5. The van der Waals surface area contributed by atoms with Crippen LogP contribution in [0, 0.1) is 11.8 Å². The Morgan fingerprint density at radius 1 is 1.26 bits per heavy atom. The minimum absolute atomic E-state index is 0.0250.